The molecule has 2 amide bonds. The zero-order valence-corrected chi connectivity index (χ0v) is 25.4. The monoisotopic (exact) mass is 603 g/mol. The van der Waals surface area contributed by atoms with Crippen LogP contribution in [0.3, 0.4) is 0 Å². The van der Waals surface area contributed by atoms with Gasteiger partial charge in [-0.05, 0) is 49.7 Å². The Bertz CT molecular complexity index is 1510. The SMILES string of the molecule is CNC(=O)C(C)N(Cc1cccc(C)c1)C(=O)CN(c1cc(Cl)ccc1OC)S(=O)(=O)c1ccc(OC)c(OC)c1. The van der Waals surface area contributed by atoms with Crippen LogP contribution < -0.4 is 23.8 Å². The van der Waals surface area contributed by atoms with Crippen molar-refractivity contribution in [3.05, 3.63) is 76.8 Å². The lowest BCUT2D eigenvalue weighted by molar-refractivity contribution is -0.139. The van der Waals surface area contributed by atoms with Crippen molar-refractivity contribution in [2.24, 2.45) is 0 Å². The first-order valence-corrected chi connectivity index (χ1v) is 14.4. The third-order valence-electron chi connectivity index (χ3n) is 6.48. The van der Waals surface area contributed by atoms with Crippen LogP contribution in [0.5, 0.6) is 17.2 Å². The largest absolute Gasteiger partial charge is 0.495 e. The van der Waals surface area contributed by atoms with Crippen molar-refractivity contribution in [1.29, 1.82) is 0 Å². The van der Waals surface area contributed by atoms with E-state index in [1.54, 1.807) is 13.0 Å². The van der Waals surface area contributed by atoms with E-state index in [9.17, 15) is 18.0 Å². The summed E-state index contributed by atoms with van der Waals surface area (Å²) in [5, 5.41) is 2.79. The molecule has 1 N–H and O–H groups in total. The van der Waals surface area contributed by atoms with Crippen LogP contribution in [0.4, 0.5) is 5.69 Å². The molecule has 0 saturated carbocycles. The van der Waals surface area contributed by atoms with Gasteiger partial charge >= 0.3 is 0 Å². The van der Waals surface area contributed by atoms with Gasteiger partial charge in [0.1, 0.15) is 18.3 Å². The molecule has 0 fully saturated rings. The number of rotatable bonds is 12. The Balaban J connectivity index is 2.15. The van der Waals surface area contributed by atoms with Gasteiger partial charge in [-0.3, -0.25) is 13.9 Å². The van der Waals surface area contributed by atoms with E-state index in [2.05, 4.69) is 5.32 Å². The Kier molecular flexibility index (Phi) is 10.5. The molecule has 0 heterocycles. The number of methoxy groups -OCH3 is 3. The number of anilines is 1. The van der Waals surface area contributed by atoms with Gasteiger partial charge < -0.3 is 24.4 Å². The number of aryl methyl sites for hydroxylation is 1. The van der Waals surface area contributed by atoms with Gasteiger partial charge in [-0.15, -0.1) is 0 Å². The molecule has 3 aromatic carbocycles. The highest BCUT2D eigenvalue weighted by Crippen LogP contribution is 2.37. The maximum absolute atomic E-state index is 14.2. The van der Waals surface area contributed by atoms with Crippen molar-refractivity contribution in [3.63, 3.8) is 0 Å². The standard InChI is InChI=1S/C29H34ClN3O7S/c1-19-8-7-9-21(14-19)17-32(20(2)29(35)31-3)28(34)18-33(24-15-22(30)10-12-25(24)38-4)41(36,37)23-11-13-26(39-5)27(16-23)40-6/h7-16,20H,17-18H2,1-6H3,(H,31,35). The van der Waals surface area contributed by atoms with Gasteiger partial charge in [0.25, 0.3) is 10.0 Å². The lowest BCUT2D eigenvalue weighted by atomic mass is 10.1. The van der Waals surface area contributed by atoms with Gasteiger partial charge in [0.2, 0.25) is 11.8 Å². The third-order valence-corrected chi connectivity index (χ3v) is 8.47. The van der Waals surface area contributed by atoms with Crippen molar-refractivity contribution in [2.75, 3.05) is 39.2 Å². The van der Waals surface area contributed by atoms with E-state index in [0.717, 1.165) is 15.4 Å². The maximum Gasteiger partial charge on any atom is 0.265 e. The number of hydrogen-bond acceptors (Lipinski definition) is 7. The molecule has 12 heteroatoms. The molecule has 0 aliphatic heterocycles. The van der Waals surface area contributed by atoms with Crippen molar-refractivity contribution < 1.29 is 32.2 Å². The molecule has 3 rings (SSSR count). The topological polar surface area (TPSA) is 114 Å². The molecule has 1 unspecified atom stereocenters. The second-order valence-corrected chi connectivity index (χ2v) is 11.4. The van der Waals surface area contributed by atoms with Crippen molar-refractivity contribution in [1.82, 2.24) is 10.2 Å². The van der Waals surface area contributed by atoms with Gasteiger partial charge in [0.15, 0.2) is 11.5 Å². The number of likely N-dealkylation sites (N-methyl/N-ethyl adjacent to an activating group) is 1. The van der Waals surface area contributed by atoms with Gasteiger partial charge in [-0.25, -0.2) is 8.42 Å². The summed E-state index contributed by atoms with van der Waals surface area (Å²) in [6.45, 7) is 2.92. The Morgan fingerprint density at radius 2 is 1.59 bits per heavy atom. The summed E-state index contributed by atoms with van der Waals surface area (Å²) in [5.74, 6) is -0.324. The zero-order chi connectivity index (χ0) is 30.3. The molecule has 0 aliphatic rings. The highest BCUT2D eigenvalue weighted by molar-refractivity contribution is 7.92. The highest BCUT2D eigenvalue weighted by atomic mass is 35.5. The van der Waals surface area contributed by atoms with E-state index < -0.39 is 34.4 Å². The normalized spacial score (nSPS) is 11.8. The summed E-state index contributed by atoms with van der Waals surface area (Å²) in [5.41, 5.74) is 1.80. The molecule has 220 valence electrons. The molecule has 41 heavy (non-hydrogen) atoms. The lowest BCUT2D eigenvalue weighted by Gasteiger charge is -2.32. The quantitative estimate of drug-likeness (QED) is 0.332. The summed E-state index contributed by atoms with van der Waals surface area (Å²) in [6.07, 6.45) is 0. The fraction of sp³-hybridized carbons (Fsp3) is 0.310. The van der Waals surface area contributed by atoms with E-state index >= 15 is 0 Å². The van der Waals surface area contributed by atoms with Crippen LogP contribution in [0.2, 0.25) is 5.02 Å². The number of amides is 2. The molecule has 10 nitrogen and oxygen atoms in total. The van der Waals surface area contributed by atoms with Crippen LogP contribution in [-0.2, 0) is 26.2 Å². The highest BCUT2D eigenvalue weighted by Gasteiger charge is 2.34. The Hall–Kier alpha value is -3.96. The molecule has 0 radical (unpaired) electrons. The number of hydrogen-bond donors (Lipinski definition) is 1. The molecule has 0 bridgehead atoms. The number of ether oxygens (including phenoxy) is 3. The molecule has 0 aromatic heterocycles. The fourth-order valence-electron chi connectivity index (χ4n) is 4.27. The minimum atomic E-state index is -4.41. The average Bonchev–Trinajstić information content (AvgIpc) is 2.97. The van der Waals surface area contributed by atoms with Gasteiger partial charge in [0, 0.05) is 24.7 Å². The Morgan fingerprint density at radius 1 is 0.927 bits per heavy atom. The van der Waals surface area contributed by atoms with Gasteiger partial charge in [0.05, 0.1) is 31.9 Å². The van der Waals surface area contributed by atoms with E-state index in [0.29, 0.717) is 5.75 Å². The van der Waals surface area contributed by atoms with E-state index in [4.69, 9.17) is 25.8 Å². The van der Waals surface area contributed by atoms with Gasteiger partial charge in [-0.2, -0.15) is 0 Å². The predicted octanol–water partition coefficient (Wildman–Crippen LogP) is 4.03. The smallest absolute Gasteiger partial charge is 0.265 e. The van der Waals surface area contributed by atoms with Gasteiger partial charge in [-0.1, -0.05) is 41.4 Å². The molecule has 0 spiro atoms. The molecule has 0 saturated heterocycles. The second kappa shape index (κ2) is 13.6. The molecular weight excluding hydrogens is 570 g/mol. The number of carbonyl (C=O) groups is 2. The number of halogens is 1. The first kappa shape index (κ1) is 31.6. The number of carbonyl (C=O) groups excluding carboxylic acids is 2. The summed E-state index contributed by atoms with van der Waals surface area (Å²) >= 11 is 6.27. The molecule has 3 aromatic rings. The Labute approximate surface area is 245 Å². The number of sulfonamides is 1. The van der Waals surface area contributed by atoms with E-state index in [1.807, 2.05) is 31.2 Å². The third kappa shape index (κ3) is 7.22. The van der Waals surface area contributed by atoms with Crippen LogP contribution in [-0.4, -0.2) is 66.1 Å². The van der Waals surface area contributed by atoms with Crippen LogP contribution in [0, 0.1) is 6.92 Å². The lowest BCUT2D eigenvalue weighted by Crippen LogP contribution is -2.50. The molecule has 1 atom stereocenters. The average molecular weight is 604 g/mol. The first-order valence-electron chi connectivity index (χ1n) is 12.6. The predicted molar refractivity (Wildman–Crippen MR) is 157 cm³/mol. The Morgan fingerprint density at radius 3 is 2.20 bits per heavy atom. The number of nitrogens with zero attached hydrogens (tertiary/aromatic N) is 2. The fourth-order valence-corrected chi connectivity index (χ4v) is 5.87. The zero-order valence-electron chi connectivity index (χ0n) is 23.8. The second-order valence-electron chi connectivity index (χ2n) is 9.15. The van der Waals surface area contributed by atoms with Crippen molar-refractivity contribution in [2.45, 2.75) is 31.3 Å². The van der Waals surface area contributed by atoms with E-state index in [-0.39, 0.29) is 33.6 Å². The summed E-state index contributed by atoms with van der Waals surface area (Å²) < 4.78 is 45.3. The van der Waals surface area contributed by atoms with Crippen LogP contribution in [0.1, 0.15) is 18.1 Å². The summed E-state index contributed by atoms with van der Waals surface area (Å²) in [7, 11) is 1.27. The van der Waals surface area contributed by atoms with Crippen molar-refractivity contribution >= 4 is 39.1 Å². The first-order chi connectivity index (χ1) is 19.5. The molecule has 0 aliphatic carbocycles. The number of benzene rings is 3. The van der Waals surface area contributed by atoms with Crippen LogP contribution >= 0.6 is 11.6 Å². The van der Waals surface area contributed by atoms with E-state index in [1.165, 1.54) is 63.6 Å². The van der Waals surface area contributed by atoms with Crippen LogP contribution in [0.25, 0.3) is 0 Å². The van der Waals surface area contributed by atoms with Crippen LogP contribution in [0.15, 0.2) is 65.6 Å². The summed E-state index contributed by atoms with van der Waals surface area (Å²) in [4.78, 5) is 27.8. The maximum atomic E-state index is 14.2. The molecular formula is C29H34ClN3O7S. The number of nitrogens with one attached hydrogen (secondary N) is 1. The minimum Gasteiger partial charge on any atom is -0.495 e. The minimum absolute atomic E-state index is 0.0474. The van der Waals surface area contributed by atoms with Crippen molar-refractivity contribution in [3.8, 4) is 17.2 Å². The summed E-state index contributed by atoms with van der Waals surface area (Å²) in [6, 6.07) is 15.2.